The zero-order valence-corrected chi connectivity index (χ0v) is 14.6. The molecule has 0 aromatic heterocycles. The first-order valence-corrected chi connectivity index (χ1v) is 8.57. The van der Waals surface area contributed by atoms with Crippen molar-refractivity contribution in [3.05, 3.63) is 95.1 Å². The molecule has 4 heteroatoms. The Labute approximate surface area is 160 Å². The van der Waals surface area contributed by atoms with Gasteiger partial charge < -0.3 is 10.2 Å². The third-order valence-corrected chi connectivity index (χ3v) is 4.57. The van der Waals surface area contributed by atoms with Crippen LogP contribution in [0.3, 0.4) is 0 Å². The minimum atomic E-state index is -1.06. The molecule has 0 radical (unpaired) electrons. The molecule has 0 aliphatic carbocycles. The zero-order valence-electron chi connectivity index (χ0n) is 14.6. The van der Waals surface area contributed by atoms with Crippen molar-refractivity contribution in [1.29, 1.82) is 0 Å². The van der Waals surface area contributed by atoms with Gasteiger partial charge in [0.15, 0.2) is 0 Å². The molecule has 0 aliphatic rings. The minimum Gasteiger partial charge on any atom is -0.478 e. The highest BCUT2D eigenvalue weighted by Gasteiger charge is 2.11. The Hall–Kier alpha value is -4.10. The Morgan fingerprint density at radius 1 is 0.607 bits per heavy atom. The Morgan fingerprint density at radius 3 is 2.11 bits per heavy atom. The van der Waals surface area contributed by atoms with Gasteiger partial charge in [-0.05, 0) is 51.9 Å². The van der Waals surface area contributed by atoms with Crippen LogP contribution in [-0.2, 0) is 0 Å². The van der Waals surface area contributed by atoms with Gasteiger partial charge in [-0.3, -0.25) is 0 Å². The predicted octanol–water partition coefficient (Wildman–Crippen LogP) is 4.79. The van der Waals surface area contributed by atoms with Gasteiger partial charge in [-0.2, -0.15) is 0 Å². The quantitative estimate of drug-likeness (QED) is 0.500. The number of carboxylic acid groups (broad SMARTS) is 2. The first-order valence-electron chi connectivity index (χ1n) is 8.57. The highest BCUT2D eigenvalue weighted by Crippen LogP contribution is 2.23. The van der Waals surface area contributed by atoms with Gasteiger partial charge in [0.05, 0.1) is 11.1 Å². The van der Waals surface area contributed by atoms with E-state index in [4.69, 9.17) is 0 Å². The number of carbonyl (C=O) groups is 2. The van der Waals surface area contributed by atoms with Gasteiger partial charge >= 0.3 is 11.9 Å². The number of hydrogen-bond donors (Lipinski definition) is 2. The lowest BCUT2D eigenvalue weighted by Crippen LogP contribution is -1.99. The largest absolute Gasteiger partial charge is 0.478 e. The highest BCUT2D eigenvalue weighted by molar-refractivity contribution is 6.01. The van der Waals surface area contributed by atoms with E-state index in [-0.39, 0.29) is 11.1 Å². The summed E-state index contributed by atoms with van der Waals surface area (Å²) in [6.07, 6.45) is 0. The topological polar surface area (TPSA) is 74.6 Å². The molecular formula is C24H14O4. The lowest BCUT2D eigenvalue weighted by atomic mass is 9.98. The maximum Gasteiger partial charge on any atom is 0.335 e. The van der Waals surface area contributed by atoms with E-state index in [1.165, 1.54) is 24.3 Å². The standard InChI is InChI=1S/C24H14O4/c25-23(26)19-11-10-18-13-20(24(27)28)12-17(22(18)14-19)9-8-16-6-3-5-15-4-1-2-7-21(15)16/h1-7,10-14H,(H,25,26)(H,27,28). The van der Waals surface area contributed by atoms with Crippen molar-refractivity contribution in [2.24, 2.45) is 0 Å². The maximum absolute atomic E-state index is 11.5. The van der Waals surface area contributed by atoms with Crippen molar-refractivity contribution < 1.29 is 19.8 Å². The molecule has 0 saturated heterocycles. The second-order valence-electron chi connectivity index (χ2n) is 6.35. The molecule has 0 saturated carbocycles. The molecule has 4 aromatic rings. The second kappa shape index (κ2) is 6.90. The number of carboxylic acids is 2. The molecule has 28 heavy (non-hydrogen) atoms. The number of aromatic carboxylic acids is 2. The van der Waals surface area contributed by atoms with Crippen LogP contribution < -0.4 is 0 Å². The van der Waals surface area contributed by atoms with E-state index in [2.05, 4.69) is 11.8 Å². The Kier molecular flexibility index (Phi) is 4.27. The Balaban J connectivity index is 1.94. The molecule has 0 unspecified atom stereocenters. The van der Waals surface area contributed by atoms with Crippen LogP contribution >= 0.6 is 0 Å². The van der Waals surface area contributed by atoms with Crippen LogP contribution in [0.15, 0.2) is 72.8 Å². The highest BCUT2D eigenvalue weighted by atomic mass is 16.4. The van der Waals surface area contributed by atoms with Crippen molar-refractivity contribution in [3.8, 4) is 11.8 Å². The summed E-state index contributed by atoms with van der Waals surface area (Å²) in [7, 11) is 0. The van der Waals surface area contributed by atoms with Gasteiger partial charge in [-0.25, -0.2) is 9.59 Å². The van der Waals surface area contributed by atoms with Crippen molar-refractivity contribution in [2.45, 2.75) is 0 Å². The number of hydrogen-bond acceptors (Lipinski definition) is 2. The van der Waals surface area contributed by atoms with Crippen LogP contribution in [-0.4, -0.2) is 22.2 Å². The van der Waals surface area contributed by atoms with Gasteiger partial charge in [0.25, 0.3) is 0 Å². The molecule has 0 atom stereocenters. The number of fused-ring (bicyclic) bond motifs is 2. The van der Waals surface area contributed by atoms with Gasteiger partial charge in [0.1, 0.15) is 0 Å². The zero-order chi connectivity index (χ0) is 19.7. The summed E-state index contributed by atoms with van der Waals surface area (Å²) in [5.74, 6) is 4.07. The van der Waals surface area contributed by atoms with Gasteiger partial charge in [-0.1, -0.05) is 54.3 Å². The van der Waals surface area contributed by atoms with E-state index in [0.717, 1.165) is 16.3 Å². The lowest BCUT2D eigenvalue weighted by Gasteiger charge is -2.05. The third-order valence-electron chi connectivity index (χ3n) is 4.57. The molecule has 0 fully saturated rings. The van der Waals surface area contributed by atoms with Crippen molar-refractivity contribution in [2.75, 3.05) is 0 Å². The Bertz CT molecular complexity index is 1320. The van der Waals surface area contributed by atoms with Crippen LogP contribution in [0.25, 0.3) is 21.5 Å². The van der Waals surface area contributed by atoms with E-state index in [9.17, 15) is 19.8 Å². The molecule has 134 valence electrons. The van der Waals surface area contributed by atoms with Crippen molar-refractivity contribution in [3.63, 3.8) is 0 Å². The summed E-state index contributed by atoms with van der Waals surface area (Å²) in [4.78, 5) is 22.8. The summed E-state index contributed by atoms with van der Waals surface area (Å²) < 4.78 is 0. The molecule has 2 N–H and O–H groups in total. The number of rotatable bonds is 2. The van der Waals surface area contributed by atoms with Crippen molar-refractivity contribution >= 4 is 33.5 Å². The van der Waals surface area contributed by atoms with Crippen LogP contribution in [0.5, 0.6) is 0 Å². The monoisotopic (exact) mass is 366 g/mol. The van der Waals surface area contributed by atoms with E-state index >= 15 is 0 Å². The molecule has 0 bridgehead atoms. The summed E-state index contributed by atoms with van der Waals surface area (Å²) in [6, 6.07) is 21.3. The molecule has 0 heterocycles. The summed E-state index contributed by atoms with van der Waals surface area (Å²) in [6.45, 7) is 0. The maximum atomic E-state index is 11.5. The van der Waals surface area contributed by atoms with Gasteiger partial charge in [0.2, 0.25) is 0 Å². The molecule has 4 aromatic carbocycles. The minimum absolute atomic E-state index is 0.109. The number of benzene rings is 4. The first-order chi connectivity index (χ1) is 13.5. The van der Waals surface area contributed by atoms with Crippen LogP contribution in [0, 0.1) is 11.8 Å². The van der Waals surface area contributed by atoms with Crippen molar-refractivity contribution in [1.82, 2.24) is 0 Å². The van der Waals surface area contributed by atoms with E-state index in [1.807, 2.05) is 42.5 Å². The Morgan fingerprint density at radius 2 is 1.32 bits per heavy atom. The molecule has 0 aliphatic heterocycles. The average molecular weight is 366 g/mol. The normalized spacial score (nSPS) is 10.4. The van der Waals surface area contributed by atoms with Gasteiger partial charge in [0, 0.05) is 11.1 Å². The summed E-state index contributed by atoms with van der Waals surface area (Å²) >= 11 is 0. The van der Waals surface area contributed by atoms with Crippen LogP contribution in [0.1, 0.15) is 31.8 Å². The van der Waals surface area contributed by atoms with Gasteiger partial charge in [-0.15, -0.1) is 0 Å². The molecule has 4 nitrogen and oxygen atoms in total. The summed E-state index contributed by atoms with van der Waals surface area (Å²) in [5.41, 5.74) is 1.54. The summed E-state index contributed by atoms with van der Waals surface area (Å²) in [5, 5.41) is 22.0. The lowest BCUT2D eigenvalue weighted by molar-refractivity contribution is 0.0686. The first kappa shape index (κ1) is 17.3. The van der Waals surface area contributed by atoms with E-state index in [1.54, 1.807) is 6.07 Å². The van der Waals surface area contributed by atoms with E-state index in [0.29, 0.717) is 16.3 Å². The molecule has 0 spiro atoms. The molecule has 4 rings (SSSR count). The van der Waals surface area contributed by atoms with E-state index < -0.39 is 11.9 Å². The smallest absolute Gasteiger partial charge is 0.335 e. The predicted molar refractivity (Wildman–Crippen MR) is 108 cm³/mol. The van der Waals surface area contributed by atoms with Crippen LogP contribution in [0.2, 0.25) is 0 Å². The second-order valence-corrected chi connectivity index (χ2v) is 6.35. The molecule has 0 amide bonds. The SMILES string of the molecule is O=C(O)c1cc(C#Cc2cccc3ccccc23)c2cc(C(=O)O)ccc2c1. The fourth-order valence-electron chi connectivity index (χ4n) is 3.19. The fraction of sp³-hybridized carbons (Fsp3) is 0. The fourth-order valence-corrected chi connectivity index (χ4v) is 3.19. The third kappa shape index (κ3) is 3.17. The van der Waals surface area contributed by atoms with Crippen LogP contribution in [0.4, 0.5) is 0 Å². The average Bonchev–Trinajstić information content (AvgIpc) is 2.71. The molecular weight excluding hydrogens is 352 g/mol.